The molecule has 0 aliphatic rings. The molecule has 0 bridgehead atoms. The number of benzene rings is 2. The highest BCUT2D eigenvalue weighted by molar-refractivity contribution is 6.32. The van der Waals surface area contributed by atoms with Crippen LogP contribution in [0.4, 0.5) is 5.69 Å². The number of carbonyl (C=O) groups excluding carboxylic acids is 2. The van der Waals surface area contributed by atoms with Crippen LogP contribution in [0.2, 0.25) is 5.02 Å². The standard InChI is InChI=1S/C19H20ClN3O6/c1-3-8-29-17-15(20)10-13(11-16(17)28-4-2)19(25)22-21-18(24)12-6-5-7-14(9-12)23(26)27/h5-7,9-11H,3-4,8H2,1-2H3,(H,21,24)(H,22,25). The number of non-ortho nitro benzene ring substituents is 1. The van der Waals surface area contributed by atoms with Crippen molar-refractivity contribution in [3.63, 3.8) is 0 Å². The Morgan fingerprint density at radius 3 is 2.38 bits per heavy atom. The van der Waals surface area contributed by atoms with Gasteiger partial charge in [-0.1, -0.05) is 24.6 Å². The molecule has 0 saturated carbocycles. The molecule has 0 aliphatic heterocycles. The molecular formula is C19H20ClN3O6. The molecule has 2 amide bonds. The highest BCUT2D eigenvalue weighted by Gasteiger charge is 2.17. The molecule has 0 saturated heterocycles. The van der Waals surface area contributed by atoms with E-state index in [2.05, 4.69) is 10.9 Å². The van der Waals surface area contributed by atoms with Crippen LogP contribution in [0.15, 0.2) is 36.4 Å². The summed E-state index contributed by atoms with van der Waals surface area (Å²) < 4.78 is 11.1. The lowest BCUT2D eigenvalue weighted by molar-refractivity contribution is -0.384. The van der Waals surface area contributed by atoms with Crippen LogP contribution in [0.25, 0.3) is 0 Å². The normalized spacial score (nSPS) is 10.2. The maximum absolute atomic E-state index is 12.4. The monoisotopic (exact) mass is 421 g/mol. The van der Waals surface area contributed by atoms with Crippen molar-refractivity contribution in [3.8, 4) is 11.5 Å². The Morgan fingerprint density at radius 2 is 1.76 bits per heavy atom. The summed E-state index contributed by atoms with van der Waals surface area (Å²) in [5, 5.41) is 11.0. The predicted molar refractivity (Wildman–Crippen MR) is 106 cm³/mol. The van der Waals surface area contributed by atoms with Crippen molar-refractivity contribution in [2.24, 2.45) is 0 Å². The van der Waals surface area contributed by atoms with E-state index in [-0.39, 0.29) is 21.8 Å². The third kappa shape index (κ3) is 5.82. The Bertz CT molecular complexity index is 919. The molecule has 2 rings (SSSR count). The Morgan fingerprint density at radius 1 is 1.07 bits per heavy atom. The number of hydrogen-bond donors (Lipinski definition) is 2. The first-order valence-corrected chi connectivity index (χ1v) is 9.19. The van der Waals surface area contributed by atoms with Gasteiger partial charge in [0, 0.05) is 23.3 Å². The van der Waals surface area contributed by atoms with Crippen molar-refractivity contribution in [2.75, 3.05) is 13.2 Å². The zero-order chi connectivity index (χ0) is 21.4. The van der Waals surface area contributed by atoms with Crippen LogP contribution in [-0.2, 0) is 0 Å². The van der Waals surface area contributed by atoms with Gasteiger partial charge in [-0.2, -0.15) is 0 Å². The number of nitrogens with zero attached hydrogens (tertiary/aromatic N) is 1. The number of nitrogens with one attached hydrogen (secondary N) is 2. The fourth-order valence-corrected chi connectivity index (χ4v) is 2.59. The van der Waals surface area contributed by atoms with Crippen LogP contribution in [0.5, 0.6) is 11.5 Å². The molecule has 0 atom stereocenters. The molecule has 0 heterocycles. The lowest BCUT2D eigenvalue weighted by atomic mass is 10.2. The van der Waals surface area contributed by atoms with Gasteiger partial charge in [0.2, 0.25) is 0 Å². The van der Waals surface area contributed by atoms with E-state index in [0.717, 1.165) is 12.5 Å². The Balaban J connectivity index is 2.13. The molecule has 29 heavy (non-hydrogen) atoms. The van der Waals surface area contributed by atoms with Crippen molar-refractivity contribution < 1.29 is 24.0 Å². The third-order valence-electron chi connectivity index (χ3n) is 3.63. The van der Waals surface area contributed by atoms with E-state index < -0.39 is 16.7 Å². The van der Waals surface area contributed by atoms with Crippen LogP contribution in [0.1, 0.15) is 41.0 Å². The van der Waals surface area contributed by atoms with Gasteiger partial charge in [0.1, 0.15) is 0 Å². The number of halogens is 1. The number of amides is 2. The molecule has 2 aromatic carbocycles. The van der Waals surface area contributed by atoms with Crippen molar-refractivity contribution in [2.45, 2.75) is 20.3 Å². The van der Waals surface area contributed by atoms with Crippen LogP contribution >= 0.6 is 11.6 Å². The first kappa shape index (κ1) is 22.0. The van der Waals surface area contributed by atoms with Crippen molar-refractivity contribution >= 4 is 29.1 Å². The molecular weight excluding hydrogens is 402 g/mol. The summed E-state index contributed by atoms with van der Waals surface area (Å²) in [7, 11) is 0. The van der Waals surface area contributed by atoms with Gasteiger partial charge < -0.3 is 9.47 Å². The molecule has 0 aliphatic carbocycles. The lowest BCUT2D eigenvalue weighted by Crippen LogP contribution is -2.41. The third-order valence-corrected chi connectivity index (χ3v) is 3.91. The van der Waals surface area contributed by atoms with Gasteiger partial charge >= 0.3 is 0 Å². The summed E-state index contributed by atoms with van der Waals surface area (Å²) in [5.74, 6) is -0.703. The molecule has 2 aromatic rings. The average molecular weight is 422 g/mol. The lowest BCUT2D eigenvalue weighted by Gasteiger charge is -2.15. The average Bonchev–Trinajstić information content (AvgIpc) is 2.71. The van der Waals surface area contributed by atoms with Gasteiger partial charge in [-0.25, -0.2) is 0 Å². The van der Waals surface area contributed by atoms with Gasteiger partial charge in [0.15, 0.2) is 11.5 Å². The maximum Gasteiger partial charge on any atom is 0.270 e. The molecule has 9 nitrogen and oxygen atoms in total. The van der Waals surface area contributed by atoms with Crippen molar-refractivity contribution in [3.05, 3.63) is 62.7 Å². The van der Waals surface area contributed by atoms with Gasteiger partial charge in [-0.15, -0.1) is 0 Å². The Kier molecular flexibility index (Phi) is 7.79. The fraction of sp³-hybridized carbons (Fsp3) is 0.263. The van der Waals surface area contributed by atoms with E-state index in [0.29, 0.717) is 24.7 Å². The highest BCUT2D eigenvalue weighted by Crippen LogP contribution is 2.36. The number of ether oxygens (including phenoxy) is 2. The summed E-state index contributed by atoms with van der Waals surface area (Å²) in [4.78, 5) is 34.7. The summed E-state index contributed by atoms with van der Waals surface area (Å²) in [5.41, 5.74) is 4.38. The second-order valence-electron chi connectivity index (χ2n) is 5.78. The second-order valence-corrected chi connectivity index (χ2v) is 6.19. The molecule has 0 spiro atoms. The van der Waals surface area contributed by atoms with E-state index in [1.54, 1.807) is 6.92 Å². The number of nitro groups is 1. The van der Waals surface area contributed by atoms with Crippen LogP contribution in [0, 0.1) is 10.1 Å². The van der Waals surface area contributed by atoms with E-state index >= 15 is 0 Å². The first-order chi connectivity index (χ1) is 13.9. The van der Waals surface area contributed by atoms with Crippen LogP contribution in [0.3, 0.4) is 0 Å². The van der Waals surface area contributed by atoms with E-state index in [1.165, 1.54) is 30.3 Å². The van der Waals surface area contributed by atoms with Crippen molar-refractivity contribution in [1.82, 2.24) is 10.9 Å². The molecule has 0 radical (unpaired) electrons. The summed E-state index contributed by atoms with van der Waals surface area (Å²) in [6.45, 7) is 4.50. The Hall–Kier alpha value is -3.33. The van der Waals surface area contributed by atoms with Crippen molar-refractivity contribution in [1.29, 1.82) is 0 Å². The topological polar surface area (TPSA) is 120 Å². The quantitative estimate of drug-likeness (QED) is 0.497. The van der Waals surface area contributed by atoms with Gasteiger partial charge in [-0.05, 0) is 31.5 Å². The van der Waals surface area contributed by atoms with Gasteiger partial charge in [0.05, 0.1) is 23.2 Å². The molecule has 0 fully saturated rings. The summed E-state index contributed by atoms with van der Waals surface area (Å²) in [6, 6.07) is 7.97. The molecule has 10 heteroatoms. The number of hydrazine groups is 1. The van der Waals surface area contributed by atoms with Crippen LogP contribution < -0.4 is 20.3 Å². The fourth-order valence-electron chi connectivity index (χ4n) is 2.32. The number of rotatable bonds is 8. The summed E-state index contributed by atoms with van der Waals surface area (Å²) >= 11 is 6.22. The largest absolute Gasteiger partial charge is 0.490 e. The number of nitro benzene ring substituents is 1. The number of carbonyl (C=O) groups is 2. The predicted octanol–water partition coefficient (Wildman–Crippen LogP) is 3.51. The van der Waals surface area contributed by atoms with Gasteiger partial charge in [-0.3, -0.25) is 30.6 Å². The highest BCUT2D eigenvalue weighted by atomic mass is 35.5. The minimum atomic E-state index is -0.707. The number of hydrogen-bond acceptors (Lipinski definition) is 6. The minimum Gasteiger partial charge on any atom is -0.490 e. The summed E-state index contributed by atoms with van der Waals surface area (Å²) in [6.07, 6.45) is 0.772. The van der Waals surface area contributed by atoms with E-state index in [9.17, 15) is 19.7 Å². The van der Waals surface area contributed by atoms with E-state index in [4.69, 9.17) is 21.1 Å². The zero-order valence-electron chi connectivity index (χ0n) is 15.9. The Labute approximate surface area is 172 Å². The zero-order valence-corrected chi connectivity index (χ0v) is 16.6. The molecule has 2 N–H and O–H groups in total. The second kappa shape index (κ2) is 10.3. The van der Waals surface area contributed by atoms with Crippen LogP contribution in [-0.4, -0.2) is 30.0 Å². The van der Waals surface area contributed by atoms with Gasteiger partial charge in [0.25, 0.3) is 17.5 Å². The molecule has 154 valence electrons. The van der Waals surface area contributed by atoms with E-state index in [1.807, 2.05) is 6.92 Å². The molecule has 0 aromatic heterocycles. The SMILES string of the molecule is CCCOc1c(Cl)cc(C(=O)NNC(=O)c2cccc([N+](=O)[O-])c2)cc1OCC. The smallest absolute Gasteiger partial charge is 0.270 e. The molecule has 0 unspecified atom stereocenters. The minimum absolute atomic E-state index is 0.0239. The maximum atomic E-state index is 12.4. The first-order valence-electron chi connectivity index (χ1n) is 8.81.